The minimum atomic E-state index is -5.57. The van der Waals surface area contributed by atoms with E-state index >= 15 is 0 Å². The van der Waals surface area contributed by atoms with Crippen LogP contribution in [-0.4, -0.2) is 129 Å². The van der Waals surface area contributed by atoms with Crippen molar-refractivity contribution in [3.8, 4) is 0 Å². The maximum atomic E-state index is 12.6. The van der Waals surface area contributed by atoms with Gasteiger partial charge in [0.2, 0.25) is 11.8 Å². The predicted molar refractivity (Wildman–Crippen MR) is 185 cm³/mol. The minimum absolute atomic E-state index is 0.0286. The number of ether oxygens (including phenoxy) is 1. The molecule has 0 radical (unpaired) electrons. The van der Waals surface area contributed by atoms with Gasteiger partial charge in [-0.25, -0.2) is 28.6 Å². The molecule has 0 saturated carbocycles. The third-order valence-electron chi connectivity index (χ3n) is 7.25. The molecule has 0 spiro atoms. The zero-order valence-electron chi connectivity index (χ0n) is 28.9. The van der Waals surface area contributed by atoms with Gasteiger partial charge in [0.15, 0.2) is 22.8 Å². The average Bonchev–Trinajstić information content (AvgIpc) is 3.60. The number of hydrogen-bond acceptors (Lipinski definition) is 19. The maximum absolute atomic E-state index is 12.6. The molecule has 25 nitrogen and oxygen atoms in total. The molecule has 1 aliphatic heterocycles. The number of nitrogen functional groups attached to an aromatic ring is 1. The molecule has 2 aromatic rings. The number of anilines is 1. The topological polar surface area (TPSA) is 390 Å². The Morgan fingerprint density at radius 3 is 2.39 bits per heavy atom. The highest BCUT2D eigenvalue weighted by Gasteiger charge is 2.50. The summed E-state index contributed by atoms with van der Waals surface area (Å²) in [4.78, 5) is 87.0. The lowest BCUT2D eigenvalue weighted by atomic mass is 9.87. The number of nitrogens with zero attached hydrogens (tertiary/aromatic N) is 4. The highest BCUT2D eigenvalue weighted by molar-refractivity contribution is 8.13. The number of nitrogens with two attached hydrogens (primary N) is 2. The van der Waals surface area contributed by atoms with E-state index in [-0.39, 0.29) is 54.1 Å². The second kappa shape index (κ2) is 19.1. The zero-order valence-corrected chi connectivity index (χ0v) is 32.4. The second-order valence-electron chi connectivity index (χ2n) is 12.5. The first-order valence-electron chi connectivity index (χ1n) is 15.7. The van der Waals surface area contributed by atoms with Crippen LogP contribution in [0.5, 0.6) is 0 Å². The lowest BCUT2D eigenvalue weighted by Crippen LogP contribution is -2.46. The van der Waals surface area contributed by atoms with E-state index in [1.54, 1.807) is 6.92 Å². The van der Waals surface area contributed by atoms with Crippen LogP contribution in [0.4, 0.5) is 5.82 Å². The van der Waals surface area contributed by atoms with E-state index in [1.807, 2.05) is 0 Å². The third kappa shape index (κ3) is 13.9. The van der Waals surface area contributed by atoms with Gasteiger partial charge < -0.3 is 56.6 Å². The van der Waals surface area contributed by atoms with Crippen LogP contribution in [0.25, 0.3) is 11.2 Å². The van der Waals surface area contributed by atoms with Crippen molar-refractivity contribution >= 4 is 69.1 Å². The number of nitrogens with one attached hydrogen (secondary N) is 2. The Morgan fingerprint density at radius 2 is 1.74 bits per heavy atom. The molecule has 2 amide bonds. The van der Waals surface area contributed by atoms with E-state index in [2.05, 4.69) is 34.4 Å². The fourth-order valence-corrected chi connectivity index (χ4v) is 8.26. The van der Waals surface area contributed by atoms with Gasteiger partial charge in [-0.1, -0.05) is 25.6 Å². The molecule has 12 N–H and O–H groups in total. The monoisotopic (exact) mass is 852 g/mol. The fourth-order valence-electron chi connectivity index (χ4n) is 4.62. The molecule has 1 fully saturated rings. The first kappa shape index (κ1) is 45.9. The van der Waals surface area contributed by atoms with Gasteiger partial charge in [0.05, 0.1) is 19.5 Å². The van der Waals surface area contributed by atoms with Crippen LogP contribution in [-0.2, 0) is 50.7 Å². The smallest absolute Gasteiger partial charge is 0.386 e. The van der Waals surface area contributed by atoms with Crippen LogP contribution in [0.2, 0.25) is 0 Å². The molecular formula is C25H43N8O17P3S. The van der Waals surface area contributed by atoms with Gasteiger partial charge in [-0.3, -0.25) is 32.5 Å². The summed E-state index contributed by atoms with van der Waals surface area (Å²) >= 11 is 1.02. The van der Waals surface area contributed by atoms with Crippen LogP contribution < -0.4 is 22.1 Å². The molecule has 1 saturated heterocycles. The molecule has 54 heavy (non-hydrogen) atoms. The molecule has 0 aliphatic carbocycles. The molecule has 29 heteroatoms. The molecule has 4 unspecified atom stereocenters. The number of rotatable bonds is 21. The van der Waals surface area contributed by atoms with Gasteiger partial charge in [0.1, 0.15) is 36.3 Å². The average molecular weight is 853 g/mol. The molecule has 2 aromatic heterocycles. The number of phosphoric acid groups is 3. The molecule has 8 atom stereocenters. The number of imidazole rings is 1. The van der Waals surface area contributed by atoms with E-state index in [0.29, 0.717) is 5.75 Å². The van der Waals surface area contributed by atoms with Gasteiger partial charge >= 0.3 is 23.5 Å². The summed E-state index contributed by atoms with van der Waals surface area (Å²) in [6, 6.07) is -0.280. The highest BCUT2D eigenvalue weighted by atomic mass is 32.2. The van der Waals surface area contributed by atoms with E-state index in [9.17, 15) is 57.9 Å². The standard InChI is InChI=1S/C25H43N8O17P3S/c1-13(26)8-16(35)54-7-6-28-15(34)4-5-29-23(38)20(37)25(2,3)10-47-53(44,45)50-52(42,43)46-9-14-19(49-51(39,40)41)18(36)24(48-14)33-12-32-17-21(27)30-11-31-22(17)33/h11-14,18-20,24,36-37H,4-10,26H2,1-3H3,(H,28,34)(H,29,38)(H,42,43)(H,44,45)(H2,27,30,31)(H2,39,40,41)/t13?,14-,18-,19-,20?,24-/m1/s1. The van der Waals surface area contributed by atoms with E-state index in [0.717, 1.165) is 29.0 Å². The molecule has 306 valence electrons. The Kier molecular flexibility index (Phi) is 16.2. The Hall–Kier alpha value is -2.48. The summed E-state index contributed by atoms with van der Waals surface area (Å²) < 4.78 is 62.0. The Balaban J connectivity index is 1.51. The number of amides is 2. The molecule has 3 rings (SSSR count). The molecule has 3 heterocycles. The number of fused-ring (bicyclic) bond motifs is 1. The summed E-state index contributed by atoms with van der Waals surface area (Å²) in [5, 5.41) is 26.1. The fraction of sp³-hybridized carbons (Fsp3) is 0.680. The van der Waals surface area contributed by atoms with Crippen molar-refractivity contribution in [2.75, 3.05) is 37.8 Å². The second-order valence-corrected chi connectivity index (χ2v) is 17.9. The number of thioether (sulfide) groups is 1. The number of hydrogen-bond donors (Lipinski definition) is 10. The minimum Gasteiger partial charge on any atom is -0.386 e. The normalized spacial score (nSPS) is 22.6. The molecule has 1 aliphatic rings. The molecule has 0 aromatic carbocycles. The number of aliphatic hydroxyl groups excluding tert-OH is 2. The largest absolute Gasteiger partial charge is 0.481 e. The van der Waals surface area contributed by atoms with Gasteiger partial charge in [0.25, 0.3) is 0 Å². The summed E-state index contributed by atoms with van der Waals surface area (Å²) in [6.45, 7) is 2.14. The van der Waals surface area contributed by atoms with Crippen LogP contribution in [0.1, 0.15) is 39.8 Å². The van der Waals surface area contributed by atoms with E-state index in [1.165, 1.54) is 13.8 Å². The van der Waals surface area contributed by atoms with Crippen molar-refractivity contribution in [2.24, 2.45) is 11.1 Å². The first-order valence-corrected chi connectivity index (χ1v) is 21.2. The van der Waals surface area contributed by atoms with Gasteiger partial charge in [-0.2, -0.15) is 4.31 Å². The zero-order chi connectivity index (χ0) is 40.6. The lowest BCUT2D eigenvalue weighted by molar-refractivity contribution is -0.137. The summed E-state index contributed by atoms with van der Waals surface area (Å²) in [5.74, 6) is -1.16. The van der Waals surface area contributed by atoms with Crippen molar-refractivity contribution in [3.63, 3.8) is 0 Å². The Labute approximate surface area is 311 Å². The van der Waals surface area contributed by atoms with Crippen molar-refractivity contribution < 1.29 is 80.5 Å². The van der Waals surface area contributed by atoms with Gasteiger partial charge in [-0.15, -0.1) is 0 Å². The van der Waals surface area contributed by atoms with Crippen molar-refractivity contribution in [1.29, 1.82) is 0 Å². The molecule has 0 bridgehead atoms. The number of phosphoric ester groups is 3. The van der Waals surface area contributed by atoms with E-state index < -0.39 is 84.6 Å². The maximum Gasteiger partial charge on any atom is 0.481 e. The first-order chi connectivity index (χ1) is 24.9. The summed E-state index contributed by atoms with van der Waals surface area (Å²) in [7, 11) is -16.4. The van der Waals surface area contributed by atoms with Gasteiger partial charge in [0, 0.05) is 43.1 Å². The Morgan fingerprint density at radius 1 is 1.07 bits per heavy atom. The van der Waals surface area contributed by atoms with Crippen molar-refractivity contribution in [2.45, 2.75) is 70.3 Å². The van der Waals surface area contributed by atoms with Crippen LogP contribution in [0.15, 0.2) is 12.7 Å². The Bertz CT molecular complexity index is 1780. The SMILES string of the molecule is CC(N)CC(=O)SCCNC(=O)CCNC(=O)C(O)C(C)(C)COP(=O)(O)OP(=O)(O)OC[C@H]1O[C@@H](n2cnc3c(N)ncnc32)[C@H](O)[C@@H]1OP(=O)(O)O. The number of aromatic nitrogens is 4. The van der Waals surface area contributed by atoms with E-state index in [4.69, 9.17) is 25.3 Å². The van der Waals surface area contributed by atoms with Crippen molar-refractivity contribution in [1.82, 2.24) is 30.2 Å². The lowest BCUT2D eigenvalue weighted by Gasteiger charge is -2.30. The van der Waals surface area contributed by atoms with Crippen LogP contribution in [0, 0.1) is 5.41 Å². The predicted octanol–water partition coefficient (Wildman–Crippen LogP) is -1.60. The molecular weight excluding hydrogens is 809 g/mol. The third-order valence-corrected chi connectivity index (χ3v) is 11.3. The summed E-state index contributed by atoms with van der Waals surface area (Å²) in [6.07, 6.45) is -6.74. The van der Waals surface area contributed by atoms with Gasteiger partial charge in [-0.05, 0) is 6.92 Å². The summed E-state index contributed by atoms with van der Waals surface area (Å²) in [5.41, 5.74) is 9.80. The quantitative estimate of drug-likeness (QED) is 0.0499. The van der Waals surface area contributed by atoms with Crippen LogP contribution in [0.3, 0.4) is 0 Å². The van der Waals surface area contributed by atoms with Crippen molar-refractivity contribution in [3.05, 3.63) is 12.7 Å². The number of carbonyl (C=O) groups excluding carboxylic acids is 3. The highest BCUT2D eigenvalue weighted by Crippen LogP contribution is 2.61. The number of carbonyl (C=O) groups is 3. The van der Waals surface area contributed by atoms with Crippen LogP contribution >= 0.6 is 35.2 Å². The number of aliphatic hydroxyl groups is 2.